The third-order valence-electron chi connectivity index (χ3n) is 7.93. The number of amides is 1. The van der Waals surface area contributed by atoms with Crippen molar-refractivity contribution in [3.8, 4) is 5.75 Å². The number of unbranched alkanes of at least 4 members (excludes halogenated alkanes) is 2. The molecule has 0 aromatic heterocycles. The van der Waals surface area contributed by atoms with E-state index in [4.69, 9.17) is 18.9 Å². The Balaban J connectivity index is 1.21. The number of benzene rings is 4. The molecular weight excluding hydrogens is 650 g/mol. The highest BCUT2D eigenvalue weighted by atomic mass is 16.6. The molecule has 0 saturated carbocycles. The van der Waals surface area contributed by atoms with Crippen LogP contribution in [0, 0.1) is 0 Å². The molecule has 4 aromatic rings. The van der Waals surface area contributed by atoms with E-state index < -0.39 is 23.7 Å². The normalized spacial score (nSPS) is 12.4. The number of esters is 1. The van der Waals surface area contributed by atoms with Crippen molar-refractivity contribution in [3.63, 3.8) is 0 Å². The van der Waals surface area contributed by atoms with Gasteiger partial charge in [0.15, 0.2) is 0 Å². The van der Waals surface area contributed by atoms with Crippen LogP contribution in [0.5, 0.6) is 5.75 Å². The summed E-state index contributed by atoms with van der Waals surface area (Å²) in [6.07, 6.45) is 6.42. The second kappa shape index (κ2) is 20.3. The van der Waals surface area contributed by atoms with Crippen molar-refractivity contribution in [3.05, 3.63) is 162 Å². The summed E-state index contributed by atoms with van der Waals surface area (Å²) < 4.78 is 22.9. The molecule has 1 unspecified atom stereocenters. The second-order valence-electron chi connectivity index (χ2n) is 13.5. The van der Waals surface area contributed by atoms with Crippen molar-refractivity contribution < 1.29 is 28.5 Å². The number of allylic oxidation sites excluding steroid dienone is 4. The number of hydrogen-bond donors (Lipinski definition) is 1. The third kappa shape index (κ3) is 14.4. The Bertz CT molecular complexity index is 1760. The van der Waals surface area contributed by atoms with E-state index in [1.165, 1.54) is 5.56 Å². The Kier molecular flexibility index (Phi) is 15.3. The molecular formula is C45H51NO6. The van der Waals surface area contributed by atoms with Gasteiger partial charge in [-0.1, -0.05) is 116 Å². The molecule has 0 spiro atoms. The van der Waals surface area contributed by atoms with Crippen LogP contribution in [0.25, 0.3) is 11.1 Å². The molecule has 0 aliphatic heterocycles. The van der Waals surface area contributed by atoms with E-state index in [1.54, 1.807) is 20.8 Å². The van der Waals surface area contributed by atoms with Gasteiger partial charge in [-0.05, 0) is 98.6 Å². The van der Waals surface area contributed by atoms with Gasteiger partial charge in [-0.25, -0.2) is 9.59 Å². The first-order chi connectivity index (χ1) is 25.1. The van der Waals surface area contributed by atoms with Crippen molar-refractivity contribution in [1.29, 1.82) is 0 Å². The molecule has 0 bridgehead atoms. The molecule has 0 heterocycles. The number of nitrogens with one attached hydrogen (secondary N) is 1. The summed E-state index contributed by atoms with van der Waals surface area (Å²) in [5.74, 6) is 0.819. The lowest BCUT2D eigenvalue weighted by molar-refractivity contribution is -0.147. The largest absolute Gasteiger partial charge is 0.494 e. The first kappa shape index (κ1) is 39.2. The molecule has 52 heavy (non-hydrogen) atoms. The fourth-order valence-electron chi connectivity index (χ4n) is 5.28. The summed E-state index contributed by atoms with van der Waals surface area (Å²) in [5, 5.41) is 2.68. The highest BCUT2D eigenvalue weighted by Gasteiger charge is 2.26. The van der Waals surface area contributed by atoms with E-state index in [2.05, 4.69) is 49.2 Å². The molecule has 0 saturated heterocycles. The monoisotopic (exact) mass is 701 g/mol. The predicted octanol–water partition coefficient (Wildman–Crippen LogP) is 10.1. The minimum absolute atomic E-state index is 0.110. The maximum atomic E-state index is 13.0. The Morgan fingerprint density at radius 2 is 1.31 bits per heavy atom. The molecule has 0 radical (unpaired) electrons. The third-order valence-corrected chi connectivity index (χ3v) is 7.93. The molecule has 4 aromatic carbocycles. The van der Waals surface area contributed by atoms with Gasteiger partial charge in [0, 0.05) is 6.42 Å². The molecule has 0 fully saturated rings. The summed E-state index contributed by atoms with van der Waals surface area (Å²) in [7, 11) is 0. The van der Waals surface area contributed by atoms with Crippen LogP contribution in [-0.2, 0) is 32.0 Å². The molecule has 4 rings (SSSR count). The Morgan fingerprint density at radius 3 is 1.94 bits per heavy atom. The fourth-order valence-corrected chi connectivity index (χ4v) is 5.28. The van der Waals surface area contributed by atoms with Gasteiger partial charge in [0.25, 0.3) is 0 Å². The van der Waals surface area contributed by atoms with Crippen LogP contribution >= 0.6 is 0 Å². The van der Waals surface area contributed by atoms with Gasteiger partial charge in [-0.15, -0.1) is 0 Å². The van der Waals surface area contributed by atoms with Crippen LogP contribution in [0.4, 0.5) is 4.79 Å². The zero-order chi connectivity index (χ0) is 37.2. The highest BCUT2D eigenvalue weighted by molar-refractivity contribution is 5.84. The van der Waals surface area contributed by atoms with Crippen LogP contribution < -0.4 is 10.1 Å². The number of hydrogen-bond acceptors (Lipinski definition) is 6. The van der Waals surface area contributed by atoms with E-state index in [-0.39, 0.29) is 13.0 Å². The average Bonchev–Trinajstić information content (AvgIpc) is 3.14. The molecule has 7 heteroatoms. The minimum atomic E-state index is -0.918. The molecule has 1 atom stereocenters. The van der Waals surface area contributed by atoms with Crippen molar-refractivity contribution in [1.82, 2.24) is 5.32 Å². The molecule has 7 nitrogen and oxygen atoms in total. The van der Waals surface area contributed by atoms with E-state index >= 15 is 0 Å². The van der Waals surface area contributed by atoms with Crippen LogP contribution in [0.2, 0.25) is 0 Å². The van der Waals surface area contributed by atoms with Gasteiger partial charge in [-0.2, -0.15) is 0 Å². The minimum Gasteiger partial charge on any atom is -0.494 e. The van der Waals surface area contributed by atoms with E-state index in [0.717, 1.165) is 52.8 Å². The van der Waals surface area contributed by atoms with Gasteiger partial charge in [0.1, 0.15) is 29.8 Å². The smallest absolute Gasteiger partial charge is 0.408 e. The van der Waals surface area contributed by atoms with Crippen molar-refractivity contribution >= 4 is 23.2 Å². The second-order valence-corrected chi connectivity index (χ2v) is 13.5. The van der Waals surface area contributed by atoms with Crippen LogP contribution in [0.1, 0.15) is 69.2 Å². The van der Waals surface area contributed by atoms with Gasteiger partial charge in [0.05, 0.1) is 13.2 Å². The molecule has 1 amide bonds. The number of carbonyl (C=O) groups excluding carboxylic acids is 2. The first-order valence-corrected chi connectivity index (χ1v) is 17.8. The number of rotatable bonds is 18. The van der Waals surface area contributed by atoms with Crippen LogP contribution in [0.15, 0.2) is 140 Å². The lowest BCUT2D eigenvalue weighted by Gasteiger charge is -2.23. The van der Waals surface area contributed by atoms with Crippen LogP contribution in [-0.4, -0.2) is 36.9 Å². The summed E-state index contributed by atoms with van der Waals surface area (Å²) in [6.45, 7) is 12.8. The molecule has 1 N–H and O–H groups in total. The summed E-state index contributed by atoms with van der Waals surface area (Å²) in [4.78, 5) is 25.6. The zero-order valence-electron chi connectivity index (χ0n) is 30.8. The van der Waals surface area contributed by atoms with Crippen molar-refractivity contribution in [2.75, 3.05) is 13.2 Å². The van der Waals surface area contributed by atoms with E-state index in [1.807, 2.05) is 97.1 Å². The quantitative estimate of drug-likeness (QED) is 0.0481. The zero-order valence-corrected chi connectivity index (χ0v) is 30.8. The van der Waals surface area contributed by atoms with Gasteiger partial charge >= 0.3 is 12.1 Å². The average molecular weight is 702 g/mol. The summed E-state index contributed by atoms with van der Waals surface area (Å²) in [6, 6.07) is 36.6. The predicted molar refractivity (Wildman–Crippen MR) is 208 cm³/mol. The van der Waals surface area contributed by atoms with Gasteiger partial charge in [0.2, 0.25) is 0 Å². The Hall–Kier alpha value is -5.56. The lowest BCUT2D eigenvalue weighted by atomic mass is 9.99. The Labute approximate surface area is 309 Å². The molecule has 0 aliphatic rings. The highest BCUT2D eigenvalue weighted by Crippen LogP contribution is 2.24. The van der Waals surface area contributed by atoms with Gasteiger partial charge in [-0.3, -0.25) is 0 Å². The van der Waals surface area contributed by atoms with Crippen LogP contribution in [0.3, 0.4) is 0 Å². The molecule has 0 aliphatic carbocycles. The number of alkyl carbamates (subject to hydrolysis) is 1. The maximum absolute atomic E-state index is 13.0. The maximum Gasteiger partial charge on any atom is 0.408 e. The lowest BCUT2D eigenvalue weighted by Crippen LogP contribution is -2.45. The number of ether oxygens (including phenoxy) is 4. The van der Waals surface area contributed by atoms with Crippen molar-refractivity contribution in [2.24, 2.45) is 0 Å². The standard InChI is InChI=1S/C45H51NO6/c1-34(38-20-12-7-13-21-38)30-40(39-22-14-8-15-23-39)31-35(2)49-28-16-9-17-29-50-41-26-24-36(25-27-41)32-42(46-44(48)52-45(3,4)5)43(47)51-33-37-18-10-6-11-19-37/h6-8,10-15,18-27,30-31,42H,2,9,16-17,28-29,32-33H2,1,3-5H3,(H,46,48)/b34-30+,40-31+. The van der Waals surface area contributed by atoms with Crippen molar-refractivity contribution in [2.45, 2.75) is 71.6 Å². The molecule has 272 valence electrons. The SMILES string of the molecule is C=C(/C=C(\C=C(/C)c1ccccc1)c1ccccc1)OCCCCCOc1ccc(CC(NC(=O)OC(C)(C)C)C(=O)OCc2ccccc2)cc1. The summed E-state index contributed by atoms with van der Waals surface area (Å²) >= 11 is 0. The number of carbonyl (C=O) groups is 2. The van der Waals surface area contributed by atoms with E-state index in [0.29, 0.717) is 19.0 Å². The van der Waals surface area contributed by atoms with Gasteiger partial charge < -0.3 is 24.3 Å². The Morgan fingerprint density at radius 1 is 0.712 bits per heavy atom. The summed E-state index contributed by atoms with van der Waals surface area (Å²) in [5.41, 5.74) is 5.49. The fraction of sp³-hybridized carbons (Fsp3) is 0.289. The first-order valence-electron chi connectivity index (χ1n) is 17.8. The topological polar surface area (TPSA) is 83.1 Å². The van der Waals surface area contributed by atoms with E-state index in [9.17, 15) is 9.59 Å².